The summed E-state index contributed by atoms with van der Waals surface area (Å²) in [6.07, 6.45) is 0. The van der Waals surface area contributed by atoms with Crippen LogP contribution < -0.4 is 0 Å². The Bertz CT molecular complexity index is 754. The van der Waals surface area contributed by atoms with E-state index in [2.05, 4.69) is 125 Å². The van der Waals surface area contributed by atoms with Crippen molar-refractivity contribution in [1.29, 1.82) is 0 Å². The van der Waals surface area contributed by atoms with Gasteiger partial charge in [0, 0.05) is 0 Å². The van der Waals surface area contributed by atoms with Gasteiger partial charge in [-0.1, -0.05) is 0 Å². The summed E-state index contributed by atoms with van der Waals surface area (Å²) in [5.74, 6) is 0. The van der Waals surface area contributed by atoms with Crippen LogP contribution in [0.15, 0.2) is 0 Å². The molecule has 0 aliphatic rings. The van der Waals surface area contributed by atoms with Gasteiger partial charge >= 0.3 is 306 Å². The van der Waals surface area contributed by atoms with Gasteiger partial charge in [-0.3, -0.25) is 0 Å². The van der Waals surface area contributed by atoms with Crippen molar-refractivity contribution in [2.45, 2.75) is 182 Å². The van der Waals surface area contributed by atoms with Crippen LogP contribution in [-0.4, -0.2) is 89.7 Å². The Labute approximate surface area is 302 Å². The summed E-state index contributed by atoms with van der Waals surface area (Å²) in [6, 6.07) is 0. The average molecular weight is 973 g/mol. The number of benzene rings is 1. The fourth-order valence-corrected chi connectivity index (χ4v) is 15.5. The van der Waals surface area contributed by atoms with Crippen molar-refractivity contribution in [3.8, 4) is 0 Å². The monoisotopic (exact) mass is 978 g/mol. The first kappa shape index (κ1) is 42.4. The molecule has 0 amide bonds. The molecular weight excluding hydrogens is 906 g/mol. The molecule has 0 fully saturated rings. The Morgan fingerprint density at radius 2 is 0.333 bits per heavy atom. The molecule has 6 heteroatoms. The van der Waals surface area contributed by atoms with Crippen LogP contribution in [0.1, 0.15) is 158 Å². The number of hydrogen-bond acceptors (Lipinski definition) is 0. The fourth-order valence-electron chi connectivity index (χ4n) is 3.87. The molecule has 0 aliphatic carbocycles. The van der Waals surface area contributed by atoms with E-state index in [0.29, 0.717) is 116 Å². The second kappa shape index (κ2) is 16.6. The molecule has 1 aromatic carbocycles. The quantitative estimate of drug-likeness (QED) is 0.183. The molecule has 0 unspecified atom stereocenters. The summed E-state index contributed by atoms with van der Waals surface area (Å²) in [4.78, 5) is 0. The van der Waals surface area contributed by atoms with E-state index in [1.54, 1.807) is 0 Å². The van der Waals surface area contributed by atoms with Gasteiger partial charge in [0.15, 0.2) is 0 Å². The number of rotatable bonds is 12. The van der Waals surface area contributed by atoms with E-state index in [0.717, 1.165) is 0 Å². The molecular formula is C36H66Se6. The zero-order chi connectivity index (χ0) is 32.9. The van der Waals surface area contributed by atoms with Crippen molar-refractivity contribution in [3.63, 3.8) is 0 Å². The molecule has 0 heterocycles. The maximum atomic E-state index is 2.48. The van der Waals surface area contributed by atoms with Gasteiger partial charge in [-0.2, -0.15) is 0 Å². The van der Waals surface area contributed by atoms with Crippen molar-refractivity contribution in [2.75, 3.05) is 0 Å². The Morgan fingerprint density at radius 1 is 0.238 bits per heavy atom. The predicted octanol–water partition coefficient (Wildman–Crippen LogP) is 10.2. The molecule has 0 saturated heterocycles. The molecule has 0 aromatic heterocycles. The molecule has 1 aromatic rings. The first-order valence-corrected chi connectivity index (χ1v) is 28.0. The van der Waals surface area contributed by atoms with E-state index in [1.165, 1.54) is 31.9 Å². The third kappa shape index (κ3) is 18.6. The summed E-state index contributed by atoms with van der Waals surface area (Å²) in [5.41, 5.74) is 11.1. The SMILES string of the molecule is CC(C)(C)[Se]Cc1c(C[Se]C(C)(C)C)c(C[Se]C(C)(C)C)c(C[Se]C(C)(C)C)c(C[Se]C(C)(C)C)c1C[Se]C(C)(C)C. The van der Waals surface area contributed by atoms with Crippen LogP contribution in [0.2, 0.25) is 25.9 Å². The van der Waals surface area contributed by atoms with Crippen LogP contribution in [0.4, 0.5) is 0 Å². The topological polar surface area (TPSA) is 0 Å². The van der Waals surface area contributed by atoms with Crippen molar-refractivity contribution in [3.05, 3.63) is 33.4 Å². The second-order valence-corrected chi connectivity index (χ2v) is 40.0. The zero-order valence-electron chi connectivity index (χ0n) is 30.7. The van der Waals surface area contributed by atoms with Gasteiger partial charge in [-0.25, -0.2) is 0 Å². The minimum absolute atomic E-state index is 0.422. The summed E-state index contributed by atoms with van der Waals surface area (Å²) in [6.45, 7) is 44.7. The van der Waals surface area contributed by atoms with E-state index in [1.807, 2.05) is 33.4 Å². The molecule has 0 spiro atoms. The molecule has 42 heavy (non-hydrogen) atoms. The summed E-state index contributed by atoms with van der Waals surface area (Å²) < 4.78 is 2.53. The zero-order valence-corrected chi connectivity index (χ0v) is 41.0. The van der Waals surface area contributed by atoms with E-state index < -0.39 is 0 Å². The van der Waals surface area contributed by atoms with Crippen LogP contribution in [0.3, 0.4) is 0 Å². The van der Waals surface area contributed by atoms with Gasteiger partial charge in [0.1, 0.15) is 0 Å². The van der Waals surface area contributed by atoms with Gasteiger partial charge in [-0.15, -0.1) is 0 Å². The molecule has 0 bridgehead atoms. The van der Waals surface area contributed by atoms with Gasteiger partial charge in [0.25, 0.3) is 0 Å². The fraction of sp³-hybridized carbons (Fsp3) is 0.833. The van der Waals surface area contributed by atoms with Crippen molar-refractivity contribution < 1.29 is 0 Å². The molecule has 0 N–H and O–H groups in total. The summed E-state index contributed by atoms with van der Waals surface area (Å²) in [7, 11) is 0. The van der Waals surface area contributed by atoms with Gasteiger partial charge in [-0.05, 0) is 0 Å². The van der Waals surface area contributed by atoms with Crippen LogP contribution in [0, 0.1) is 0 Å². The minimum atomic E-state index is 0.422. The normalized spacial score (nSPS) is 14.1. The Kier molecular flexibility index (Phi) is 16.8. The second-order valence-electron chi connectivity index (χ2n) is 17.3. The maximum absolute atomic E-state index is 2.48. The molecule has 0 atom stereocenters. The molecule has 0 radical (unpaired) electrons. The summed E-state index contributed by atoms with van der Waals surface area (Å²) in [5, 5.41) is 7.98. The van der Waals surface area contributed by atoms with Gasteiger partial charge in [0.05, 0.1) is 0 Å². The Morgan fingerprint density at radius 3 is 0.405 bits per heavy atom. The number of hydrogen-bond donors (Lipinski definition) is 0. The first-order chi connectivity index (χ1) is 18.6. The van der Waals surface area contributed by atoms with Crippen LogP contribution >= 0.6 is 0 Å². The third-order valence-corrected chi connectivity index (χ3v) is 22.4. The molecule has 1 rings (SSSR count). The summed E-state index contributed by atoms with van der Waals surface area (Å²) >= 11 is 3.64. The van der Waals surface area contributed by atoms with Crippen LogP contribution in [0.25, 0.3) is 0 Å². The Hall–Kier alpha value is 2.34. The van der Waals surface area contributed by atoms with E-state index >= 15 is 0 Å². The molecule has 0 aliphatic heterocycles. The van der Waals surface area contributed by atoms with Gasteiger partial charge < -0.3 is 0 Å². The van der Waals surface area contributed by atoms with Crippen molar-refractivity contribution >= 4 is 89.7 Å². The standard InChI is InChI=1S/C36H66Se6/c1-31(2,3)37-19-25-26(20-38-32(4,5)6)28(22-40-34(10,11)12)30(24-42-36(16,17)18)29(23-41-35(13,14)15)27(25)21-39-33(7,8)9/h19-24H2,1-18H3. The van der Waals surface area contributed by atoms with Crippen molar-refractivity contribution in [2.24, 2.45) is 0 Å². The molecule has 0 saturated carbocycles. The van der Waals surface area contributed by atoms with Crippen LogP contribution in [-0.2, 0) is 31.9 Å². The van der Waals surface area contributed by atoms with E-state index in [4.69, 9.17) is 0 Å². The van der Waals surface area contributed by atoms with Gasteiger partial charge in [0.2, 0.25) is 0 Å². The van der Waals surface area contributed by atoms with E-state index in [-0.39, 0.29) is 0 Å². The predicted molar refractivity (Wildman–Crippen MR) is 201 cm³/mol. The first-order valence-electron chi connectivity index (χ1n) is 15.6. The average Bonchev–Trinajstić information content (AvgIpc) is 2.72. The van der Waals surface area contributed by atoms with Crippen molar-refractivity contribution in [1.82, 2.24) is 0 Å². The van der Waals surface area contributed by atoms with E-state index in [9.17, 15) is 0 Å². The Balaban J connectivity index is 4.23. The third-order valence-electron chi connectivity index (χ3n) is 6.08. The molecule has 0 nitrogen and oxygen atoms in total. The molecule has 246 valence electrons. The van der Waals surface area contributed by atoms with Crippen LogP contribution in [0.5, 0.6) is 0 Å².